The molecule has 0 fully saturated rings. The molecule has 30 heavy (non-hydrogen) atoms. The van der Waals surface area contributed by atoms with E-state index in [1.807, 2.05) is 6.07 Å². The molecule has 3 heterocycles. The lowest BCUT2D eigenvalue weighted by molar-refractivity contribution is 0.137. The molecule has 2 aliphatic rings. The Kier molecular flexibility index (Phi) is 4.08. The van der Waals surface area contributed by atoms with E-state index in [1.165, 1.54) is 22.0 Å². The fourth-order valence-corrected chi connectivity index (χ4v) is 4.73. The molecule has 1 aromatic heterocycles. The number of para-hydroxylation sites is 2. The molecule has 0 spiro atoms. The Morgan fingerprint density at radius 1 is 0.833 bits per heavy atom. The minimum Gasteiger partial charge on any atom is -0.492 e. The predicted octanol–water partition coefficient (Wildman–Crippen LogP) is 5.22. The van der Waals surface area contributed by atoms with E-state index < -0.39 is 0 Å². The summed E-state index contributed by atoms with van der Waals surface area (Å²) in [6.45, 7) is 2.02. The summed E-state index contributed by atoms with van der Waals surface area (Å²) in [5.41, 5.74) is 6.01. The largest absolute Gasteiger partial charge is 0.492 e. The standard InChI is InChI=1S/C26H22N2O2/c1-2-8-18(9-3-1)14-28-15-22(20-10-4-6-12-23(20)28)25-21-11-5-7-13-24(21)29-16-19-17-30-27-26(19)25/h1-13,15,19,25H,14,16-17H2/t19-,25-/m0/s1. The van der Waals surface area contributed by atoms with E-state index in [2.05, 4.69) is 88.7 Å². The fourth-order valence-electron chi connectivity index (χ4n) is 4.73. The van der Waals surface area contributed by atoms with Crippen molar-refractivity contribution in [3.05, 3.63) is 102 Å². The lowest BCUT2D eigenvalue weighted by Crippen LogP contribution is -2.23. The molecular formula is C26H22N2O2. The van der Waals surface area contributed by atoms with Crippen LogP contribution in [-0.4, -0.2) is 23.5 Å². The Morgan fingerprint density at radius 3 is 2.57 bits per heavy atom. The lowest BCUT2D eigenvalue weighted by atomic mass is 9.82. The van der Waals surface area contributed by atoms with Crippen LogP contribution in [0.3, 0.4) is 0 Å². The van der Waals surface area contributed by atoms with E-state index in [1.54, 1.807) is 0 Å². The first-order valence-electron chi connectivity index (χ1n) is 10.4. The van der Waals surface area contributed by atoms with E-state index in [4.69, 9.17) is 9.57 Å². The lowest BCUT2D eigenvalue weighted by Gasteiger charge is -2.17. The van der Waals surface area contributed by atoms with Gasteiger partial charge in [-0.15, -0.1) is 0 Å². The Balaban J connectivity index is 1.55. The Bertz CT molecular complexity index is 1240. The molecule has 4 nitrogen and oxygen atoms in total. The molecule has 2 atom stereocenters. The van der Waals surface area contributed by atoms with Crippen molar-refractivity contribution >= 4 is 16.6 Å². The van der Waals surface area contributed by atoms with Crippen molar-refractivity contribution in [2.45, 2.75) is 12.5 Å². The first-order chi connectivity index (χ1) is 14.9. The maximum atomic E-state index is 6.16. The number of ether oxygens (including phenoxy) is 1. The second kappa shape index (κ2) is 7.06. The number of oxime groups is 1. The van der Waals surface area contributed by atoms with E-state index in [-0.39, 0.29) is 11.8 Å². The smallest absolute Gasteiger partial charge is 0.128 e. The SMILES string of the molecule is c1ccc(Cn2cc([C@H]3C4=NOC[C@@H]4COc4ccccc43)c3ccccc32)cc1. The highest BCUT2D eigenvalue weighted by atomic mass is 16.6. The molecule has 0 amide bonds. The van der Waals surface area contributed by atoms with Crippen molar-refractivity contribution in [3.63, 3.8) is 0 Å². The third kappa shape index (κ3) is 2.79. The van der Waals surface area contributed by atoms with E-state index >= 15 is 0 Å². The highest BCUT2D eigenvalue weighted by Gasteiger charge is 2.38. The van der Waals surface area contributed by atoms with Gasteiger partial charge in [0.2, 0.25) is 0 Å². The first-order valence-corrected chi connectivity index (χ1v) is 10.4. The molecule has 0 saturated heterocycles. The molecule has 0 unspecified atom stereocenters. The zero-order chi connectivity index (χ0) is 19.9. The number of hydrogen-bond donors (Lipinski definition) is 0. The van der Waals surface area contributed by atoms with Crippen LogP contribution in [0.4, 0.5) is 0 Å². The number of benzene rings is 3. The normalized spacial score (nSPS) is 19.9. The molecule has 6 rings (SSSR count). The zero-order valence-corrected chi connectivity index (χ0v) is 16.6. The van der Waals surface area contributed by atoms with Crippen LogP contribution in [0.5, 0.6) is 5.75 Å². The van der Waals surface area contributed by atoms with Gasteiger partial charge >= 0.3 is 0 Å². The topological polar surface area (TPSA) is 35.8 Å². The van der Waals surface area contributed by atoms with Crippen molar-refractivity contribution in [2.75, 3.05) is 13.2 Å². The van der Waals surface area contributed by atoms with Gasteiger partial charge < -0.3 is 14.1 Å². The van der Waals surface area contributed by atoms with E-state index in [0.29, 0.717) is 13.2 Å². The summed E-state index contributed by atoms with van der Waals surface area (Å²) in [7, 11) is 0. The van der Waals surface area contributed by atoms with Crippen molar-refractivity contribution in [2.24, 2.45) is 11.1 Å². The van der Waals surface area contributed by atoms with Gasteiger partial charge in [-0.25, -0.2) is 0 Å². The molecule has 4 aromatic rings. The summed E-state index contributed by atoms with van der Waals surface area (Å²) < 4.78 is 8.51. The van der Waals surface area contributed by atoms with Crippen molar-refractivity contribution < 1.29 is 9.57 Å². The van der Waals surface area contributed by atoms with Gasteiger partial charge in [0.05, 0.1) is 24.2 Å². The van der Waals surface area contributed by atoms with Crippen molar-refractivity contribution in [1.82, 2.24) is 4.57 Å². The minimum atomic E-state index is 0.0260. The number of nitrogens with zero attached hydrogens (tertiary/aromatic N) is 2. The van der Waals surface area contributed by atoms with Crippen molar-refractivity contribution in [3.8, 4) is 5.75 Å². The summed E-state index contributed by atoms with van der Waals surface area (Å²) >= 11 is 0. The second-order valence-electron chi connectivity index (χ2n) is 8.01. The van der Waals surface area contributed by atoms with Crippen molar-refractivity contribution in [1.29, 1.82) is 0 Å². The molecule has 2 aliphatic heterocycles. The highest BCUT2D eigenvalue weighted by molar-refractivity contribution is 6.01. The second-order valence-corrected chi connectivity index (χ2v) is 8.01. The molecule has 0 saturated carbocycles. The maximum absolute atomic E-state index is 6.16. The summed E-state index contributed by atoms with van der Waals surface area (Å²) in [6, 6.07) is 27.6. The van der Waals surface area contributed by atoms with Gasteiger partial charge in [0, 0.05) is 29.2 Å². The predicted molar refractivity (Wildman–Crippen MR) is 118 cm³/mol. The number of fused-ring (bicyclic) bond motifs is 3. The molecule has 0 radical (unpaired) electrons. The molecule has 0 aliphatic carbocycles. The van der Waals surface area contributed by atoms with Crippen LogP contribution < -0.4 is 4.74 Å². The number of rotatable bonds is 3. The van der Waals surface area contributed by atoms with Gasteiger partial charge in [-0.2, -0.15) is 0 Å². The van der Waals surface area contributed by atoms with Gasteiger partial charge in [0.25, 0.3) is 0 Å². The van der Waals surface area contributed by atoms with Crippen LogP contribution in [0, 0.1) is 5.92 Å². The Morgan fingerprint density at radius 2 is 1.63 bits per heavy atom. The van der Waals surface area contributed by atoms with Crippen LogP contribution in [0.15, 0.2) is 90.2 Å². The summed E-state index contributed by atoms with van der Waals surface area (Å²) in [4.78, 5) is 5.53. The third-order valence-corrected chi connectivity index (χ3v) is 6.16. The van der Waals surface area contributed by atoms with Gasteiger partial charge in [-0.1, -0.05) is 71.9 Å². The molecule has 0 N–H and O–H groups in total. The van der Waals surface area contributed by atoms with E-state index in [9.17, 15) is 0 Å². The van der Waals surface area contributed by atoms with Gasteiger partial charge in [-0.3, -0.25) is 0 Å². The van der Waals surface area contributed by atoms with Gasteiger partial charge in [-0.05, 0) is 23.3 Å². The fraction of sp³-hybridized carbons (Fsp3) is 0.192. The summed E-state index contributed by atoms with van der Waals surface area (Å²) in [5, 5.41) is 5.76. The van der Waals surface area contributed by atoms with Gasteiger partial charge in [0.1, 0.15) is 12.4 Å². The first kappa shape index (κ1) is 17.3. The summed E-state index contributed by atoms with van der Waals surface area (Å²) in [6.07, 6.45) is 2.29. The minimum absolute atomic E-state index is 0.0260. The average molecular weight is 394 g/mol. The zero-order valence-electron chi connectivity index (χ0n) is 16.6. The maximum Gasteiger partial charge on any atom is 0.128 e. The van der Waals surface area contributed by atoms with E-state index in [0.717, 1.165) is 23.6 Å². The Hall–Kier alpha value is -3.53. The number of aromatic nitrogens is 1. The molecule has 3 aromatic carbocycles. The number of hydrogen-bond acceptors (Lipinski definition) is 3. The monoisotopic (exact) mass is 394 g/mol. The van der Waals surface area contributed by atoms with Gasteiger partial charge in [0.15, 0.2) is 0 Å². The van der Waals surface area contributed by atoms with Crippen LogP contribution in [0.25, 0.3) is 10.9 Å². The highest BCUT2D eigenvalue weighted by Crippen LogP contribution is 2.42. The average Bonchev–Trinajstić information content (AvgIpc) is 3.36. The molecule has 4 heteroatoms. The van der Waals surface area contributed by atoms with Crippen LogP contribution >= 0.6 is 0 Å². The molecule has 0 bridgehead atoms. The quantitative estimate of drug-likeness (QED) is 0.478. The van der Waals surface area contributed by atoms with Crippen LogP contribution in [0.2, 0.25) is 0 Å². The summed E-state index contributed by atoms with van der Waals surface area (Å²) in [5.74, 6) is 1.15. The third-order valence-electron chi connectivity index (χ3n) is 6.16. The van der Waals surface area contributed by atoms with Crippen LogP contribution in [-0.2, 0) is 11.4 Å². The van der Waals surface area contributed by atoms with Crippen LogP contribution in [0.1, 0.15) is 22.6 Å². The Labute approximate surface area is 175 Å². The molecule has 148 valence electrons. The molecular weight excluding hydrogens is 372 g/mol.